The predicted molar refractivity (Wildman–Crippen MR) is 118 cm³/mol. The first-order valence-electron chi connectivity index (χ1n) is 9.67. The number of ether oxygens (including phenoxy) is 3. The smallest absolute Gasteiger partial charge is 0.228 e. The Bertz CT molecular complexity index is 1000. The van der Waals surface area contributed by atoms with Gasteiger partial charge in [-0.3, -0.25) is 4.79 Å². The van der Waals surface area contributed by atoms with Crippen molar-refractivity contribution in [1.82, 2.24) is 9.88 Å². The fraction of sp³-hybridized carbons (Fsp3) is 0.304. The summed E-state index contributed by atoms with van der Waals surface area (Å²) in [5.41, 5.74) is 2.57. The van der Waals surface area contributed by atoms with Crippen molar-refractivity contribution >= 4 is 17.2 Å². The van der Waals surface area contributed by atoms with E-state index in [4.69, 9.17) is 14.2 Å². The number of nitrogens with zero attached hydrogens (tertiary/aromatic N) is 2. The summed E-state index contributed by atoms with van der Waals surface area (Å²) in [5, 5.41) is 2.77. The molecule has 0 aliphatic heterocycles. The Morgan fingerprint density at radius 2 is 1.83 bits per heavy atom. The first-order chi connectivity index (χ1) is 14.6. The average molecular weight is 427 g/mol. The number of amides is 1. The molecule has 1 amide bonds. The molecule has 0 N–H and O–H groups in total. The molecule has 7 heteroatoms. The number of rotatable bonds is 9. The number of benzene rings is 2. The minimum absolute atomic E-state index is 0.0187. The van der Waals surface area contributed by atoms with E-state index in [0.29, 0.717) is 24.7 Å². The summed E-state index contributed by atoms with van der Waals surface area (Å²) >= 11 is 1.51. The Labute approximate surface area is 181 Å². The summed E-state index contributed by atoms with van der Waals surface area (Å²) < 4.78 is 16.5. The molecular formula is C23H26N2O4S. The van der Waals surface area contributed by atoms with Crippen LogP contribution in [0.5, 0.6) is 17.2 Å². The van der Waals surface area contributed by atoms with Crippen LogP contribution >= 0.6 is 11.3 Å². The van der Waals surface area contributed by atoms with Gasteiger partial charge in [0.1, 0.15) is 10.8 Å². The summed E-state index contributed by atoms with van der Waals surface area (Å²) in [6.45, 7) is 2.96. The molecule has 0 aliphatic rings. The highest BCUT2D eigenvalue weighted by molar-refractivity contribution is 7.13. The zero-order valence-corrected chi connectivity index (χ0v) is 18.5. The van der Waals surface area contributed by atoms with Crippen molar-refractivity contribution in [3.05, 3.63) is 59.1 Å². The van der Waals surface area contributed by atoms with Crippen LogP contribution in [-0.2, 0) is 17.8 Å². The van der Waals surface area contributed by atoms with Gasteiger partial charge in [-0.15, -0.1) is 11.3 Å². The van der Waals surface area contributed by atoms with E-state index in [1.165, 1.54) is 11.3 Å². The molecule has 0 atom stereocenters. The lowest BCUT2D eigenvalue weighted by Crippen LogP contribution is -2.28. The van der Waals surface area contributed by atoms with Gasteiger partial charge < -0.3 is 19.1 Å². The highest BCUT2D eigenvalue weighted by atomic mass is 32.1. The molecule has 6 nitrogen and oxygen atoms in total. The fourth-order valence-electron chi connectivity index (χ4n) is 3.15. The quantitative estimate of drug-likeness (QED) is 0.507. The number of likely N-dealkylation sites (N-methyl/N-ethyl adjacent to an activating group) is 1. The molecular weight excluding hydrogens is 400 g/mol. The van der Waals surface area contributed by atoms with Crippen LogP contribution in [0.15, 0.2) is 47.8 Å². The lowest BCUT2D eigenvalue weighted by atomic mass is 10.1. The normalized spacial score (nSPS) is 10.5. The summed E-state index contributed by atoms with van der Waals surface area (Å²) in [6.07, 6.45) is 0.232. The van der Waals surface area contributed by atoms with Gasteiger partial charge in [0.2, 0.25) is 5.91 Å². The number of hydrogen-bond acceptors (Lipinski definition) is 6. The number of methoxy groups -OCH3 is 2. The maximum Gasteiger partial charge on any atom is 0.228 e. The molecule has 0 unspecified atom stereocenters. The average Bonchev–Trinajstić information content (AvgIpc) is 3.22. The van der Waals surface area contributed by atoms with Crippen molar-refractivity contribution in [2.45, 2.75) is 19.9 Å². The molecule has 30 heavy (non-hydrogen) atoms. The van der Waals surface area contributed by atoms with E-state index in [9.17, 15) is 4.79 Å². The largest absolute Gasteiger partial charge is 0.493 e. The molecule has 0 bridgehead atoms. The molecule has 0 fully saturated rings. The van der Waals surface area contributed by atoms with Crippen molar-refractivity contribution in [1.29, 1.82) is 0 Å². The molecule has 3 aromatic rings. The van der Waals surface area contributed by atoms with Gasteiger partial charge >= 0.3 is 0 Å². The SMILES string of the molecule is CCOc1ccccc1-c1nc(CC(=O)N(C)Cc2cccc(OC)c2OC)cs1. The minimum Gasteiger partial charge on any atom is -0.493 e. The van der Waals surface area contributed by atoms with Crippen LogP contribution in [0, 0.1) is 0 Å². The minimum atomic E-state index is -0.0187. The predicted octanol–water partition coefficient (Wildman–Crippen LogP) is 4.43. The Balaban J connectivity index is 1.70. The molecule has 3 rings (SSSR count). The van der Waals surface area contributed by atoms with Gasteiger partial charge in [-0.2, -0.15) is 0 Å². The van der Waals surface area contributed by atoms with E-state index in [1.54, 1.807) is 26.2 Å². The van der Waals surface area contributed by atoms with Crippen molar-refractivity contribution in [2.75, 3.05) is 27.9 Å². The Kier molecular flexibility index (Phi) is 7.30. The summed E-state index contributed by atoms with van der Waals surface area (Å²) in [4.78, 5) is 19.1. The van der Waals surface area contributed by atoms with Crippen molar-refractivity contribution in [2.24, 2.45) is 0 Å². The Morgan fingerprint density at radius 1 is 1.07 bits per heavy atom. The number of para-hydroxylation sites is 2. The zero-order valence-electron chi connectivity index (χ0n) is 17.7. The molecule has 1 aromatic heterocycles. The Hall–Kier alpha value is -3.06. The van der Waals surface area contributed by atoms with Crippen molar-refractivity contribution in [3.8, 4) is 27.8 Å². The molecule has 158 valence electrons. The first kappa shape index (κ1) is 21.6. The summed E-state index contributed by atoms with van der Waals surface area (Å²) in [7, 11) is 4.97. The van der Waals surface area contributed by atoms with E-state index in [0.717, 1.165) is 27.6 Å². The third-order valence-electron chi connectivity index (χ3n) is 4.62. The summed E-state index contributed by atoms with van der Waals surface area (Å²) in [5.74, 6) is 2.07. The second-order valence-electron chi connectivity index (χ2n) is 6.65. The second kappa shape index (κ2) is 10.1. The molecule has 0 spiro atoms. The van der Waals surface area contributed by atoms with E-state index < -0.39 is 0 Å². The van der Waals surface area contributed by atoms with Crippen LogP contribution in [-0.4, -0.2) is 43.7 Å². The van der Waals surface area contributed by atoms with Gasteiger partial charge in [-0.25, -0.2) is 4.98 Å². The van der Waals surface area contributed by atoms with Gasteiger partial charge in [0, 0.05) is 24.5 Å². The van der Waals surface area contributed by atoms with E-state index in [1.807, 2.05) is 54.8 Å². The topological polar surface area (TPSA) is 60.9 Å². The van der Waals surface area contributed by atoms with Gasteiger partial charge in [-0.1, -0.05) is 24.3 Å². The van der Waals surface area contributed by atoms with Crippen molar-refractivity contribution < 1.29 is 19.0 Å². The van der Waals surface area contributed by atoms with Crippen LogP contribution < -0.4 is 14.2 Å². The van der Waals surface area contributed by atoms with Gasteiger partial charge in [0.15, 0.2) is 11.5 Å². The van der Waals surface area contributed by atoms with Crippen molar-refractivity contribution in [3.63, 3.8) is 0 Å². The lowest BCUT2D eigenvalue weighted by Gasteiger charge is -2.19. The fourth-order valence-corrected chi connectivity index (χ4v) is 4.00. The van der Waals surface area contributed by atoms with E-state index in [2.05, 4.69) is 4.98 Å². The standard InChI is InChI=1S/C23H26N2O4S/c1-5-29-19-11-7-6-10-18(19)23-24-17(15-30-23)13-21(26)25(2)14-16-9-8-12-20(27-3)22(16)28-4/h6-12,15H,5,13-14H2,1-4H3. The molecule has 0 saturated carbocycles. The molecule has 1 heterocycles. The number of carbonyl (C=O) groups is 1. The van der Waals surface area contributed by atoms with Gasteiger partial charge in [-0.05, 0) is 25.1 Å². The van der Waals surface area contributed by atoms with E-state index in [-0.39, 0.29) is 12.3 Å². The molecule has 0 saturated heterocycles. The third kappa shape index (κ3) is 4.91. The van der Waals surface area contributed by atoms with Crippen LogP contribution in [0.3, 0.4) is 0 Å². The Morgan fingerprint density at radius 3 is 2.57 bits per heavy atom. The van der Waals surface area contributed by atoms with Gasteiger partial charge in [0.25, 0.3) is 0 Å². The van der Waals surface area contributed by atoms with Crippen LogP contribution in [0.1, 0.15) is 18.2 Å². The summed E-state index contributed by atoms with van der Waals surface area (Å²) in [6, 6.07) is 13.5. The molecule has 0 radical (unpaired) electrons. The first-order valence-corrected chi connectivity index (χ1v) is 10.6. The third-order valence-corrected chi connectivity index (χ3v) is 5.54. The molecule has 2 aromatic carbocycles. The number of hydrogen-bond donors (Lipinski definition) is 0. The maximum atomic E-state index is 12.8. The number of aromatic nitrogens is 1. The lowest BCUT2D eigenvalue weighted by molar-refractivity contribution is -0.129. The second-order valence-corrected chi connectivity index (χ2v) is 7.51. The van der Waals surface area contributed by atoms with Crippen LogP contribution in [0.25, 0.3) is 10.6 Å². The maximum absolute atomic E-state index is 12.8. The van der Waals surface area contributed by atoms with Gasteiger partial charge in [0.05, 0.1) is 38.5 Å². The highest BCUT2D eigenvalue weighted by Gasteiger charge is 2.17. The highest BCUT2D eigenvalue weighted by Crippen LogP contribution is 2.33. The number of thiazole rings is 1. The van der Waals surface area contributed by atoms with Crippen LogP contribution in [0.4, 0.5) is 0 Å². The molecule has 0 aliphatic carbocycles. The monoisotopic (exact) mass is 426 g/mol. The number of carbonyl (C=O) groups excluding carboxylic acids is 1. The van der Waals surface area contributed by atoms with E-state index >= 15 is 0 Å². The zero-order chi connectivity index (χ0) is 21.5. The van der Waals surface area contributed by atoms with Crippen LogP contribution in [0.2, 0.25) is 0 Å².